The molecule has 1 heterocycles. The Morgan fingerprint density at radius 3 is 2.67 bits per heavy atom. The zero-order valence-corrected chi connectivity index (χ0v) is 15.0. The van der Waals surface area contributed by atoms with Gasteiger partial charge in [0.1, 0.15) is 5.82 Å². The van der Waals surface area contributed by atoms with E-state index in [0.29, 0.717) is 5.56 Å². The number of nitrogens with one attached hydrogen (secondary N) is 1. The molecule has 140 valence electrons. The number of aliphatic hydroxyl groups excluding tert-OH is 1. The van der Waals surface area contributed by atoms with Crippen LogP contribution >= 0.6 is 0 Å². The van der Waals surface area contributed by atoms with Gasteiger partial charge >= 0.3 is 0 Å². The van der Waals surface area contributed by atoms with E-state index < -0.39 is 11.7 Å². The van der Waals surface area contributed by atoms with E-state index in [1.807, 2.05) is 25.1 Å². The third kappa shape index (κ3) is 4.06. The van der Waals surface area contributed by atoms with Gasteiger partial charge in [-0.3, -0.25) is 9.59 Å². The molecule has 0 radical (unpaired) electrons. The Kier molecular flexibility index (Phi) is 5.66. The standard InChI is InChI=1S/C21H21FN2O3/c1-2-14-7-8-19-15(11-14)12-16(20(26)23-19)13-24(9-10-25)21(27)17-5-3-4-6-18(17)22/h3-8,11-12,25H,2,9-10,13H2,1H3,(H,23,26). The molecular weight excluding hydrogens is 347 g/mol. The van der Waals surface area contributed by atoms with E-state index in [4.69, 9.17) is 0 Å². The van der Waals surface area contributed by atoms with Crippen molar-refractivity contribution in [1.29, 1.82) is 0 Å². The van der Waals surface area contributed by atoms with Crippen LogP contribution in [0.3, 0.4) is 0 Å². The second kappa shape index (κ2) is 8.14. The van der Waals surface area contributed by atoms with Gasteiger partial charge in [-0.15, -0.1) is 0 Å². The van der Waals surface area contributed by atoms with E-state index in [1.165, 1.54) is 23.1 Å². The number of amides is 1. The monoisotopic (exact) mass is 368 g/mol. The molecule has 1 aromatic heterocycles. The number of nitrogens with zero attached hydrogens (tertiary/aromatic N) is 1. The summed E-state index contributed by atoms with van der Waals surface area (Å²) in [6.45, 7) is 1.74. The highest BCUT2D eigenvalue weighted by Gasteiger charge is 2.20. The minimum atomic E-state index is -0.634. The van der Waals surface area contributed by atoms with Crippen molar-refractivity contribution in [3.63, 3.8) is 0 Å². The zero-order valence-electron chi connectivity index (χ0n) is 15.0. The fourth-order valence-electron chi connectivity index (χ4n) is 3.02. The van der Waals surface area contributed by atoms with E-state index in [1.54, 1.807) is 12.1 Å². The number of pyridine rings is 1. The summed E-state index contributed by atoms with van der Waals surface area (Å²) in [5.74, 6) is -1.20. The predicted octanol–water partition coefficient (Wildman–Crippen LogP) is 2.86. The molecule has 0 unspecified atom stereocenters. The summed E-state index contributed by atoms with van der Waals surface area (Å²) in [6.07, 6.45) is 0.868. The summed E-state index contributed by atoms with van der Waals surface area (Å²) in [5.41, 5.74) is 1.84. The minimum Gasteiger partial charge on any atom is -0.395 e. The fraction of sp³-hybridized carbons (Fsp3) is 0.238. The summed E-state index contributed by atoms with van der Waals surface area (Å²) >= 11 is 0. The van der Waals surface area contributed by atoms with Gasteiger partial charge in [-0.05, 0) is 47.7 Å². The summed E-state index contributed by atoms with van der Waals surface area (Å²) in [7, 11) is 0. The molecule has 5 nitrogen and oxygen atoms in total. The quantitative estimate of drug-likeness (QED) is 0.703. The average molecular weight is 368 g/mol. The highest BCUT2D eigenvalue weighted by molar-refractivity contribution is 5.94. The Labute approximate surface area is 156 Å². The molecular formula is C21H21FN2O3. The van der Waals surface area contributed by atoms with Crippen LogP contribution < -0.4 is 5.56 Å². The van der Waals surface area contributed by atoms with Crippen LogP contribution in [-0.4, -0.2) is 34.0 Å². The molecule has 0 spiro atoms. The maximum absolute atomic E-state index is 14.0. The molecule has 3 rings (SSSR count). The van der Waals surface area contributed by atoms with E-state index >= 15 is 0 Å². The van der Waals surface area contributed by atoms with Crippen molar-refractivity contribution in [3.05, 3.63) is 81.4 Å². The largest absolute Gasteiger partial charge is 0.395 e. The van der Waals surface area contributed by atoms with Gasteiger partial charge in [0.25, 0.3) is 11.5 Å². The number of aromatic nitrogens is 1. The van der Waals surface area contributed by atoms with Crippen LogP contribution in [-0.2, 0) is 13.0 Å². The van der Waals surface area contributed by atoms with Crippen molar-refractivity contribution in [3.8, 4) is 0 Å². The maximum atomic E-state index is 14.0. The number of halogens is 1. The lowest BCUT2D eigenvalue weighted by Crippen LogP contribution is -2.35. The molecule has 2 aromatic carbocycles. The lowest BCUT2D eigenvalue weighted by molar-refractivity contribution is 0.0702. The van der Waals surface area contributed by atoms with Crippen molar-refractivity contribution in [2.45, 2.75) is 19.9 Å². The summed E-state index contributed by atoms with van der Waals surface area (Å²) < 4.78 is 14.0. The molecule has 3 aromatic rings. The average Bonchev–Trinajstić information content (AvgIpc) is 2.67. The zero-order chi connectivity index (χ0) is 19.4. The number of aryl methyl sites for hydroxylation is 1. The van der Waals surface area contributed by atoms with Crippen LogP contribution in [0, 0.1) is 5.82 Å². The molecule has 27 heavy (non-hydrogen) atoms. The highest BCUT2D eigenvalue weighted by Crippen LogP contribution is 2.16. The SMILES string of the molecule is CCc1ccc2[nH]c(=O)c(CN(CCO)C(=O)c3ccccc3F)cc2c1. The van der Waals surface area contributed by atoms with Gasteiger partial charge in [0.2, 0.25) is 0 Å². The van der Waals surface area contributed by atoms with E-state index in [2.05, 4.69) is 4.98 Å². The normalized spacial score (nSPS) is 10.9. The number of H-pyrrole nitrogens is 1. The Hall–Kier alpha value is -2.99. The van der Waals surface area contributed by atoms with Crippen molar-refractivity contribution in [1.82, 2.24) is 9.88 Å². The lowest BCUT2D eigenvalue weighted by Gasteiger charge is -2.22. The molecule has 2 N–H and O–H groups in total. The summed E-state index contributed by atoms with van der Waals surface area (Å²) in [6, 6.07) is 13.2. The number of aromatic amines is 1. The first-order valence-corrected chi connectivity index (χ1v) is 8.83. The van der Waals surface area contributed by atoms with Crippen molar-refractivity contribution in [2.24, 2.45) is 0 Å². The van der Waals surface area contributed by atoms with Gasteiger partial charge < -0.3 is 15.0 Å². The first-order valence-electron chi connectivity index (χ1n) is 8.83. The van der Waals surface area contributed by atoms with Gasteiger partial charge in [-0.25, -0.2) is 4.39 Å². The van der Waals surface area contributed by atoms with Crippen LogP contribution in [0.2, 0.25) is 0 Å². The van der Waals surface area contributed by atoms with Gasteiger partial charge in [0.05, 0.1) is 18.7 Å². The highest BCUT2D eigenvalue weighted by atomic mass is 19.1. The van der Waals surface area contributed by atoms with Gasteiger partial charge in [-0.2, -0.15) is 0 Å². The van der Waals surface area contributed by atoms with Gasteiger partial charge in [-0.1, -0.05) is 25.1 Å². The number of benzene rings is 2. The van der Waals surface area contributed by atoms with Crippen LogP contribution in [0.5, 0.6) is 0 Å². The number of carbonyl (C=O) groups excluding carboxylic acids is 1. The predicted molar refractivity (Wildman–Crippen MR) is 102 cm³/mol. The van der Waals surface area contributed by atoms with Gasteiger partial charge in [0, 0.05) is 17.6 Å². The van der Waals surface area contributed by atoms with Crippen molar-refractivity contribution >= 4 is 16.8 Å². The molecule has 0 fully saturated rings. The first-order chi connectivity index (χ1) is 13.0. The topological polar surface area (TPSA) is 73.4 Å². The van der Waals surface area contributed by atoms with E-state index in [0.717, 1.165) is 22.9 Å². The molecule has 0 aliphatic rings. The van der Waals surface area contributed by atoms with Gasteiger partial charge in [0.15, 0.2) is 0 Å². The molecule has 0 bridgehead atoms. The Balaban J connectivity index is 1.96. The summed E-state index contributed by atoms with van der Waals surface area (Å²) in [4.78, 5) is 29.2. The summed E-state index contributed by atoms with van der Waals surface area (Å²) in [5, 5.41) is 10.2. The smallest absolute Gasteiger partial charge is 0.257 e. The second-order valence-electron chi connectivity index (χ2n) is 6.33. The van der Waals surface area contributed by atoms with Crippen LogP contribution in [0.25, 0.3) is 10.9 Å². The third-order valence-electron chi connectivity index (χ3n) is 4.52. The second-order valence-corrected chi connectivity index (χ2v) is 6.33. The number of aliphatic hydroxyl groups is 1. The minimum absolute atomic E-state index is 0.000353. The molecule has 0 saturated carbocycles. The van der Waals surface area contributed by atoms with Crippen LogP contribution in [0.4, 0.5) is 4.39 Å². The van der Waals surface area contributed by atoms with Crippen molar-refractivity contribution in [2.75, 3.05) is 13.2 Å². The number of fused-ring (bicyclic) bond motifs is 1. The van der Waals surface area contributed by atoms with E-state index in [9.17, 15) is 19.1 Å². The first kappa shape index (κ1) is 18.8. The molecule has 6 heteroatoms. The van der Waals surface area contributed by atoms with Crippen LogP contribution in [0.1, 0.15) is 28.4 Å². The lowest BCUT2D eigenvalue weighted by atomic mass is 10.1. The number of hydrogen-bond donors (Lipinski definition) is 2. The molecule has 0 atom stereocenters. The number of rotatable bonds is 6. The Morgan fingerprint density at radius 2 is 1.96 bits per heavy atom. The van der Waals surface area contributed by atoms with E-state index in [-0.39, 0.29) is 30.8 Å². The number of carbonyl (C=O) groups is 1. The van der Waals surface area contributed by atoms with Crippen molar-refractivity contribution < 1.29 is 14.3 Å². The molecule has 0 saturated heterocycles. The number of hydrogen-bond acceptors (Lipinski definition) is 3. The third-order valence-corrected chi connectivity index (χ3v) is 4.52. The fourth-order valence-corrected chi connectivity index (χ4v) is 3.02. The Morgan fingerprint density at radius 1 is 1.19 bits per heavy atom. The molecule has 1 amide bonds. The molecule has 0 aliphatic carbocycles. The molecule has 0 aliphatic heterocycles. The maximum Gasteiger partial charge on any atom is 0.257 e. The van der Waals surface area contributed by atoms with Crippen LogP contribution in [0.15, 0.2) is 53.3 Å². The Bertz CT molecular complexity index is 1030.